The van der Waals surface area contributed by atoms with Crippen LogP contribution in [0, 0.1) is 13.8 Å². The van der Waals surface area contributed by atoms with Crippen LogP contribution in [-0.4, -0.2) is 18.5 Å². The van der Waals surface area contributed by atoms with Crippen LogP contribution < -0.4 is 0 Å². The zero-order valence-electron chi connectivity index (χ0n) is 9.09. The molecule has 0 atom stereocenters. The molecule has 0 aromatic heterocycles. The van der Waals surface area contributed by atoms with E-state index >= 15 is 0 Å². The predicted molar refractivity (Wildman–Crippen MR) is 57.9 cm³/mol. The highest BCUT2D eigenvalue weighted by molar-refractivity contribution is 5.29. The van der Waals surface area contributed by atoms with Crippen LogP contribution in [0.4, 0.5) is 0 Å². The number of hydrogen-bond donors (Lipinski definition) is 0. The van der Waals surface area contributed by atoms with Crippen LogP contribution in [0.5, 0.6) is 0 Å². The van der Waals surface area contributed by atoms with Crippen LogP contribution in [0.25, 0.3) is 0 Å². The van der Waals surface area contributed by atoms with Crippen LogP contribution in [0.1, 0.15) is 23.6 Å². The molecule has 0 saturated carbocycles. The van der Waals surface area contributed by atoms with E-state index in [1.54, 1.807) is 0 Å². The molecule has 0 unspecified atom stereocenters. The molecule has 1 heteroatoms. The highest BCUT2D eigenvalue weighted by Crippen LogP contribution is 2.10. The van der Waals surface area contributed by atoms with Gasteiger partial charge in [0.05, 0.1) is 0 Å². The van der Waals surface area contributed by atoms with E-state index in [9.17, 15) is 0 Å². The molecule has 13 heavy (non-hydrogen) atoms. The summed E-state index contributed by atoms with van der Waals surface area (Å²) in [4.78, 5) is 2.31. The summed E-state index contributed by atoms with van der Waals surface area (Å²) in [5, 5.41) is 0. The molecule has 1 nitrogen and oxygen atoms in total. The van der Waals surface area contributed by atoms with Crippen LogP contribution in [0.2, 0.25) is 0 Å². The molecule has 0 aliphatic carbocycles. The lowest BCUT2D eigenvalue weighted by Gasteiger charge is -2.14. The summed E-state index contributed by atoms with van der Waals surface area (Å²) in [6.07, 6.45) is 0. The summed E-state index contributed by atoms with van der Waals surface area (Å²) in [5.74, 6) is 0. The largest absolute Gasteiger partial charge is 0.302 e. The number of rotatable bonds is 3. The Bertz CT molecular complexity index is 278. The molecule has 0 amide bonds. The lowest BCUT2D eigenvalue weighted by molar-refractivity contribution is 0.345. The Morgan fingerprint density at radius 3 is 2.38 bits per heavy atom. The Morgan fingerprint density at radius 2 is 1.85 bits per heavy atom. The molecule has 0 fully saturated rings. The third-order valence-electron chi connectivity index (χ3n) is 2.56. The molecular weight excluding hydrogens is 158 g/mol. The van der Waals surface area contributed by atoms with E-state index in [2.05, 4.69) is 50.9 Å². The average Bonchev–Trinajstić information content (AvgIpc) is 2.11. The highest BCUT2D eigenvalue weighted by Gasteiger charge is 1.98. The van der Waals surface area contributed by atoms with Gasteiger partial charge >= 0.3 is 0 Å². The van der Waals surface area contributed by atoms with Gasteiger partial charge in [0.15, 0.2) is 0 Å². The maximum Gasteiger partial charge on any atom is 0.0230 e. The Balaban J connectivity index is 2.73. The SMILES string of the molecule is CCN(C)Cc1ccc(C)c(C)c1. The number of benzene rings is 1. The Hall–Kier alpha value is -0.820. The quantitative estimate of drug-likeness (QED) is 0.686. The number of nitrogens with zero attached hydrogens (tertiary/aromatic N) is 1. The van der Waals surface area contributed by atoms with Crippen molar-refractivity contribution in [1.82, 2.24) is 4.90 Å². The van der Waals surface area contributed by atoms with E-state index in [1.165, 1.54) is 16.7 Å². The van der Waals surface area contributed by atoms with Gasteiger partial charge < -0.3 is 4.90 Å². The Morgan fingerprint density at radius 1 is 1.15 bits per heavy atom. The second-order valence-corrected chi connectivity index (χ2v) is 3.75. The third kappa shape index (κ3) is 2.85. The molecule has 0 heterocycles. The summed E-state index contributed by atoms with van der Waals surface area (Å²) in [7, 11) is 2.15. The van der Waals surface area contributed by atoms with Crippen LogP contribution in [0.3, 0.4) is 0 Å². The summed E-state index contributed by atoms with van der Waals surface area (Å²) >= 11 is 0. The smallest absolute Gasteiger partial charge is 0.0230 e. The minimum absolute atomic E-state index is 1.05. The van der Waals surface area contributed by atoms with Crippen LogP contribution in [0.15, 0.2) is 18.2 Å². The van der Waals surface area contributed by atoms with Crippen molar-refractivity contribution < 1.29 is 0 Å². The van der Waals surface area contributed by atoms with Crippen molar-refractivity contribution >= 4 is 0 Å². The van der Waals surface area contributed by atoms with Gasteiger partial charge in [-0.05, 0) is 44.1 Å². The molecule has 72 valence electrons. The van der Waals surface area contributed by atoms with Crippen molar-refractivity contribution in [3.8, 4) is 0 Å². The first-order valence-electron chi connectivity index (χ1n) is 4.88. The normalized spacial score (nSPS) is 10.8. The fourth-order valence-electron chi connectivity index (χ4n) is 1.33. The second-order valence-electron chi connectivity index (χ2n) is 3.75. The first-order valence-corrected chi connectivity index (χ1v) is 4.88. The lowest BCUT2D eigenvalue weighted by Crippen LogP contribution is -2.16. The van der Waals surface area contributed by atoms with Crippen molar-refractivity contribution in [3.05, 3.63) is 34.9 Å². The van der Waals surface area contributed by atoms with E-state index in [0.717, 1.165) is 13.1 Å². The van der Waals surface area contributed by atoms with Crippen LogP contribution >= 0.6 is 0 Å². The van der Waals surface area contributed by atoms with E-state index in [-0.39, 0.29) is 0 Å². The molecular formula is C12H19N. The Labute approximate surface area is 81.4 Å². The van der Waals surface area contributed by atoms with Crippen molar-refractivity contribution in [2.75, 3.05) is 13.6 Å². The van der Waals surface area contributed by atoms with Gasteiger partial charge in [-0.2, -0.15) is 0 Å². The first kappa shape index (κ1) is 10.3. The first-order chi connectivity index (χ1) is 6.13. The van der Waals surface area contributed by atoms with Gasteiger partial charge in [0.2, 0.25) is 0 Å². The predicted octanol–water partition coefficient (Wildman–Crippen LogP) is 2.76. The van der Waals surface area contributed by atoms with E-state index < -0.39 is 0 Å². The minimum atomic E-state index is 1.05. The van der Waals surface area contributed by atoms with Crippen LogP contribution in [-0.2, 0) is 6.54 Å². The van der Waals surface area contributed by atoms with Gasteiger partial charge in [0, 0.05) is 6.54 Å². The standard InChI is InChI=1S/C12H19N/c1-5-13(4)9-12-7-6-10(2)11(3)8-12/h6-8H,5,9H2,1-4H3. The second kappa shape index (κ2) is 4.43. The van der Waals surface area contributed by atoms with E-state index in [4.69, 9.17) is 0 Å². The van der Waals surface area contributed by atoms with Gasteiger partial charge in [-0.15, -0.1) is 0 Å². The molecule has 0 aliphatic rings. The van der Waals surface area contributed by atoms with Gasteiger partial charge in [0.25, 0.3) is 0 Å². The molecule has 0 radical (unpaired) electrons. The van der Waals surface area contributed by atoms with E-state index in [1.807, 2.05) is 0 Å². The molecule has 1 aromatic rings. The maximum absolute atomic E-state index is 2.31. The molecule has 1 aromatic carbocycles. The molecule has 0 spiro atoms. The fourth-order valence-corrected chi connectivity index (χ4v) is 1.33. The highest BCUT2D eigenvalue weighted by atomic mass is 15.1. The molecule has 0 bridgehead atoms. The average molecular weight is 177 g/mol. The van der Waals surface area contributed by atoms with Crippen molar-refractivity contribution in [1.29, 1.82) is 0 Å². The number of aryl methyl sites for hydroxylation is 2. The molecule has 0 N–H and O–H groups in total. The summed E-state index contributed by atoms with van der Waals surface area (Å²) in [5.41, 5.74) is 4.18. The summed E-state index contributed by atoms with van der Waals surface area (Å²) in [6.45, 7) is 8.67. The monoisotopic (exact) mass is 177 g/mol. The number of hydrogen-bond acceptors (Lipinski definition) is 1. The van der Waals surface area contributed by atoms with Gasteiger partial charge in [-0.25, -0.2) is 0 Å². The van der Waals surface area contributed by atoms with Gasteiger partial charge in [-0.1, -0.05) is 25.1 Å². The maximum atomic E-state index is 2.31. The zero-order chi connectivity index (χ0) is 9.84. The van der Waals surface area contributed by atoms with Crippen molar-refractivity contribution in [2.24, 2.45) is 0 Å². The topological polar surface area (TPSA) is 3.24 Å². The van der Waals surface area contributed by atoms with Crippen molar-refractivity contribution in [3.63, 3.8) is 0 Å². The fraction of sp³-hybridized carbons (Fsp3) is 0.500. The molecule has 1 rings (SSSR count). The third-order valence-corrected chi connectivity index (χ3v) is 2.56. The zero-order valence-corrected chi connectivity index (χ0v) is 9.09. The summed E-state index contributed by atoms with van der Waals surface area (Å²) in [6, 6.07) is 6.70. The minimum Gasteiger partial charge on any atom is -0.302 e. The van der Waals surface area contributed by atoms with Gasteiger partial charge in [-0.3, -0.25) is 0 Å². The van der Waals surface area contributed by atoms with E-state index in [0.29, 0.717) is 0 Å². The van der Waals surface area contributed by atoms with Gasteiger partial charge in [0.1, 0.15) is 0 Å². The molecule has 0 aliphatic heterocycles. The summed E-state index contributed by atoms with van der Waals surface area (Å²) < 4.78 is 0. The van der Waals surface area contributed by atoms with Crippen molar-refractivity contribution in [2.45, 2.75) is 27.3 Å². The molecule has 0 saturated heterocycles. The lowest BCUT2D eigenvalue weighted by atomic mass is 10.1. The Kier molecular flexibility index (Phi) is 3.49.